The quantitative estimate of drug-likeness (QED) is 0.385. The number of fused-ring (bicyclic) bond motifs is 1. The van der Waals surface area contributed by atoms with Crippen molar-refractivity contribution in [3.63, 3.8) is 0 Å². The summed E-state index contributed by atoms with van der Waals surface area (Å²) in [7, 11) is 0. The summed E-state index contributed by atoms with van der Waals surface area (Å²) >= 11 is 0. The van der Waals surface area contributed by atoms with Gasteiger partial charge >= 0.3 is 18.0 Å². The summed E-state index contributed by atoms with van der Waals surface area (Å²) in [6.45, 7) is -0.145. The number of hydrogen-bond acceptors (Lipinski definition) is 6. The van der Waals surface area contributed by atoms with Crippen LogP contribution < -0.4 is 11.1 Å². The lowest BCUT2D eigenvalue weighted by Crippen LogP contribution is -2.39. The van der Waals surface area contributed by atoms with Crippen LogP contribution in [-0.4, -0.2) is 36.9 Å². The van der Waals surface area contributed by atoms with Crippen LogP contribution in [0.2, 0.25) is 0 Å². The number of carbonyl (C=O) groups is 2. The smallest absolute Gasteiger partial charge is 0.383 e. The molecule has 0 bridgehead atoms. The van der Waals surface area contributed by atoms with Crippen molar-refractivity contribution < 1.29 is 22.8 Å². The van der Waals surface area contributed by atoms with E-state index in [1.165, 1.54) is 23.4 Å². The first-order valence-corrected chi connectivity index (χ1v) is 9.96. The van der Waals surface area contributed by atoms with Crippen LogP contribution in [0.1, 0.15) is 16.8 Å². The molecule has 0 aliphatic carbocycles. The number of hydrogen-bond donors (Lipinski definition) is 3. The van der Waals surface area contributed by atoms with E-state index in [-0.39, 0.29) is 30.3 Å². The number of pyridine rings is 2. The van der Waals surface area contributed by atoms with Gasteiger partial charge in [-0.05, 0) is 17.7 Å². The molecule has 0 spiro atoms. The molecule has 3 heterocycles. The van der Waals surface area contributed by atoms with Crippen molar-refractivity contribution in [2.45, 2.75) is 19.3 Å². The summed E-state index contributed by atoms with van der Waals surface area (Å²) in [5.74, 6) is -1.67. The molecule has 4 rings (SSSR count). The number of benzene rings is 1. The molecule has 0 aliphatic rings. The standard InChI is InChI=1S/C22H18F3N7O2/c23-22(24,25)14-6-7-15(27-8-14)12-32(11-13-4-2-1-3-5-13)21(34)20(33)30-17-10-28-19(26)16-9-29-31-18(16)17/h1-10H,11-12H2,(H2,26,28)(H,29,31)(H,30,33). The van der Waals surface area contributed by atoms with Gasteiger partial charge < -0.3 is 16.0 Å². The van der Waals surface area contributed by atoms with Gasteiger partial charge in [0.05, 0.1) is 46.8 Å². The predicted molar refractivity (Wildman–Crippen MR) is 117 cm³/mol. The number of nitrogens with two attached hydrogens (primary N) is 1. The number of nitrogen functional groups attached to an aromatic ring is 1. The van der Waals surface area contributed by atoms with Gasteiger partial charge in [0.25, 0.3) is 0 Å². The second-order valence-corrected chi connectivity index (χ2v) is 7.35. The average Bonchev–Trinajstić information content (AvgIpc) is 3.32. The van der Waals surface area contributed by atoms with Crippen molar-refractivity contribution in [1.29, 1.82) is 0 Å². The molecule has 4 aromatic rings. The van der Waals surface area contributed by atoms with Gasteiger partial charge in [0.1, 0.15) is 5.82 Å². The van der Waals surface area contributed by atoms with Crippen LogP contribution in [0.25, 0.3) is 10.9 Å². The lowest BCUT2D eigenvalue weighted by molar-refractivity contribution is -0.144. The topological polar surface area (TPSA) is 130 Å². The van der Waals surface area contributed by atoms with Gasteiger partial charge in [-0.3, -0.25) is 19.7 Å². The Balaban J connectivity index is 1.57. The minimum atomic E-state index is -4.53. The van der Waals surface area contributed by atoms with Gasteiger partial charge in [0.2, 0.25) is 0 Å². The van der Waals surface area contributed by atoms with E-state index < -0.39 is 23.6 Å². The van der Waals surface area contributed by atoms with E-state index in [4.69, 9.17) is 5.73 Å². The fraction of sp³-hybridized carbons (Fsp3) is 0.136. The molecule has 3 aromatic heterocycles. The summed E-state index contributed by atoms with van der Waals surface area (Å²) in [6.07, 6.45) is -1.11. The number of halogens is 3. The van der Waals surface area contributed by atoms with E-state index in [1.807, 2.05) is 0 Å². The Morgan fingerprint density at radius 3 is 2.44 bits per heavy atom. The van der Waals surface area contributed by atoms with Crippen LogP contribution in [0.3, 0.4) is 0 Å². The first kappa shape index (κ1) is 22.7. The molecular weight excluding hydrogens is 451 g/mol. The highest BCUT2D eigenvalue weighted by Crippen LogP contribution is 2.28. The number of amides is 2. The van der Waals surface area contributed by atoms with Crippen LogP contribution in [-0.2, 0) is 28.9 Å². The monoisotopic (exact) mass is 469 g/mol. The minimum absolute atomic E-state index is 0.0370. The predicted octanol–water partition coefficient (Wildman–Crippen LogP) is 3.12. The van der Waals surface area contributed by atoms with Gasteiger partial charge in [0.15, 0.2) is 0 Å². The minimum Gasteiger partial charge on any atom is -0.383 e. The van der Waals surface area contributed by atoms with E-state index >= 15 is 0 Å². The van der Waals surface area contributed by atoms with Crippen molar-refractivity contribution in [2.24, 2.45) is 0 Å². The molecule has 0 unspecified atom stereocenters. The highest BCUT2D eigenvalue weighted by molar-refractivity contribution is 6.40. The third-order valence-electron chi connectivity index (χ3n) is 4.97. The number of nitrogens with zero attached hydrogens (tertiary/aromatic N) is 4. The normalized spacial score (nSPS) is 11.4. The zero-order chi connectivity index (χ0) is 24.3. The van der Waals surface area contributed by atoms with Gasteiger partial charge in [-0.2, -0.15) is 18.3 Å². The Labute approximate surface area is 190 Å². The van der Waals surface area contributed by atoms with Crippen LogP contribution >= 0.6 is 0 Å². The lowest BCUT2D eigenvalue weighted by Gasteiger charge is -2.22. The van der Waals surface area contributed by atoms with Crippen molar-refractivity contribution in [2.75, 3.05) is 11.1 Å². The van der Waals surface area contributed by atoms with Crippen LogP contribution in [0.15, 0.2) is 61.1 Å². The zero-order valence-electron chi connectivity index (χ0n) is 17.5. The number of carbonyl (C=O) groups excluding carboxylic acids is 2. The molecule has 9 nitrogen and oxygen atoms in total. The average molecular weight is 469 g/mol. The number of aromatic nitrogens is 4. The molecule has 174 valence electrons. The van der Waals surface area contributed by atoms with Crippen molar-refractivity contribution in [3.05, 3.63) is 77.9 Å². The van der Waals surface area contributed by atoms with Crippen LogP contribution in [0.4, 0.5) is 24.7 Å². The Morgan fingerprint density at radius 2 is 1.76 bits per heavy atom. The van der Waals surface area contributed by atoms with E-state index in [1.54, 1.807) is 30.3 Å². The van der Waals surface area contributed by atoms with Crippen molar-refractivity contribution in [3.8, 4) is 0 Å². The molecular formula is C22H18F3N7O2. The number of rotatable bonds is 5. The van der Waals surface area contributed by atoms with Gasteiger partial charge in [-0.15, -0.1) is 0 Å². The fourth-order valence-electron chi connectivity index (χ4n) is 3.25. The van der Waals surface area contributed by atoms with E-state index in [0.717, 1.165) is 11.6 Å². The summed E-state index contributed by atoms with van der Waals surface area (Å²) in [6, 6.07) is 10.9. The summed E-state index contributed by atoms with van der Waals surface area (Å²) < 4.78 is 38.5. The van der Waals surface area contributed by atoms with Gasteiger partial charge in [-0.1, -0.05) is 30.3 Å². The molecule has 4 N–H and O–H groups in total. The highest BCUT2D eigenvalue weighted by atomic mass is 19.4. The SMILES string of the molecule is Nc1ncc(NC(=O)C(=O)N(Cc2ccccc2)Cc2ccc(C(F)(F)F)cn2)c2[nH]ncc12. The third kappa shape index (κ3) is 4.95. The van der Waals surface area contributed by atoms with Crippen molar-refractivity contribution >= 4 is 34.2 Å². The maximum atomic E-state index is 13.1. The zero-order valence-corrected chi connectivity index (χ0v) is 17.5. The number of nitrogens with one attached hydrogen (secondary N) is 2. The molecule has 1 aromatic carbocycles. The summed E-state index contributed by atoms with van der Waals surface area (Å²) in [5, 5.41) is 9.52. The molecule has 34 heavy (non-hydrogen) atoms. The number of H-pyrrole nitrogens is 1. The van der Waals surface area contributed by atoms with Crippen molar-refractivity contribution in [1.82, 2.24) is 25.1 Å². The van der Waals surface area contributed by atoms with Gasteiger partial charge in [0, 0.05) is 12.7 Å². The molecule has 2 amide bonds. The second kappa shape index (κ2) is 9.17. The molecule has 0 radical (unpaired) electrons. The Bertz CT molecular complexity index is 1320. The highest BCUT2D eigenvalue weighted by Gasteiger charge is 2.31. The Hall–Kier alpha value is -4.48. The molecule has 0 atom stereocenters. The van der Waals surface area contributed by atoms with E-state index in [9.17, 15) is 22.8 Å². The fourth-order valence-corrected chi connectivity index (χ4v) is 3.25. The Kier molecular flexibility index (Phi) is 6.13. The molecule has 0 saturated heterocycles. The number of anilines is 2. The van der Waals surface area contributed by atoms with Crippen LogP contribution in [0, 0.1) is 0 Å². The second-order valence-electron chi connectivity index (χ2n) is 7.35. The Morgan fingerprint density at radius 1 is 1.00 bits per heavy atom. The summed E-state index contributed by atoms with van der Waals surface area (Å²) in [5.41, 5.74) is 6.38. The maximum Gasteiger partial charge on any atom is 0.417 e. The number of aromatic amines is 1. The number of alkyl halides is 3. The first-order valence-electron chi connectivity index (χ1n) is 9.96. The van der Waals surface area contributed by atoms with E-state index in [0.29, 0.717) is 17.1 Å². The molecule has 0 fully saturated rings. The molecule has 12 heteroatoms. The molecule has 0 saturated carbocycles. The van der Waals surface area contributed by atoms with Crippen LogP contribution in [0.5, 0.6) is 0 Å². The van der Waals surface area contributed by atoms with Gasteiger partial charge in [-0.25, -0.2) is 4.98 Å². The third-order valence-corrected chi connectivity index (χ3v) is 4.97. The summed E-state index contributed by atoms with van der Waals surface area (Å²) in [4.78, 5) is 34.8. The first-order chi connectivity index (χ1) is 16.2. The lowest BCUT2D eigenvalue weighted by atomic mass is 10.2. The molecule has 0 aliphatic heterocycles. The maximum absolute atomic E-state index is 13.1. The largest absolute Gasteiger partial charge is 0.417 e. The van der Waals surface area contributed by atoms with E-state index in [2.05, 4.69) is 25.5 Å².